The SMILES string of the molecule is Cc1cc(C)cc(C(=O)Nc2cc3c(cc2Cl)OCCCO3)c1. The number of halogens is 1. The van der Waals surface area contributed by atoms with Gasteiger partial charge in [-0.15, -0.1) is 0 Å². The molecule has 23 heavy (non-hydrogen) atoms. The molecule has 2 aromatic rings. The van der Waals surface area contributed by atoms with Crippen molar-refractivity contribution in [3.63, 3.8) is 0 Å². The van der Waals surface area contributed by atoms with Gasteiger partial charge in [0.1, 0.15) is 0 Å². The first-order valence-electron chi connectivity index (χ1n) is 7.52. The van der Waals surface area contributed by atoms with Crippen molar-refractivity contribution in [2.75, 3.05) is 18.5 Å². The van der Waals surface area contributed by atoms with E-state index < -0.39 is 0 Å². The molecule has 0 atom stereocenters. The van der Waals surface area contributed by atoms with Crippen molar-refractivity contribution in [2.24, 2.45) is 0 Å². The third kappa shape index (κ3) is 3.59. The lowest BCUT2D eigenvalue weighted by molar-refractivity contribution is 0.102. The summed E-state index contributed by atoms with van der Waals surface area (Å²) in [5.74, 6) is 1.01. The highest BCUT2D eigenvalue weighted by Crippen LogP contribution is 2.37. The first-order chi connectivity index (χ1) is 11.0. The summed E-state index contributed by atoms with van der Waals surface area (Å²) in [7, 11) is 0. The van der Waals surface area contributed by atoms with Gasteiger partial charge in [0, 0.05) is 24.1 Å². The summed E-state index contributed by atoms with van der Waals surface area (Å²) in [5.41, 5.74) is 3.20. The van der Waals surface area contributed by atoms with E-state index in [0.29, 0.717) is 41.0 Å². The molecule has 1 aliphatic heterocycles. The van der Waals surface area contributed by atoms with E-state index in [4.69, 9.17) is 21.1 Å². The number of amides is 1. The molecule has 2 aromatic carbocycles. The lowest BCUT2D eigenvalue weighted by Crippen LogP contribution is -2.13. The second kappa shape index (κ2) is 6.50. The summed E-state index contributed by atoms with van der Waals surface area (Å²) in [6.07, 6.45) is 0.816. The number of hydrogen-bond acceptors (Lipinski definition) is 3. The number of nitrogens with one attached hydrogen (secondary N) is 1. The third-order valence-corrected chi connectivity index (χ3v) is 3.88. The Morgan fingerprint density at radius 1 is 1.00 bits per heavy atom. The van der Waals surface area contributed by atoms with Crippen molar-refractivity contribution in [3.8, 4) is 11.5 Å². The molecule has 0 bridgehead atoms. The van der Waals surface area contributed by atoms with E-state index in [1.54, 1.807) is 12.1 Å². The molecule has 5 heteroatoms. The monoisotopic (exact) mass is 331 g/mol. The normalized spacial score (nSPS) is 13.3. The van der Waals surface area contributed by atoms with Crippen LogP contribution in [0, 0.1) is 13.8 Å². The summed E-state index contributed by atoms with van der Waals surface area (Å²) in [6, 6.07) is 9.11. The highest BCUT2D eigenvalue weighted by molar-refractivity contribution is 6.34. The molecule has 0 radical (unpaired) electrons. The van der Waals surface area contributed by atoms with E-state index in [2.05, 4.69) is 5.32 Å². The molecule has 1 N–H and O–H groups in total. The fourth-order valence-corrected chi connectivity index (χ4v) is 2.78. The molecule has 3 rings (SSSR count). The number of hydrogen-bond donors (Lipinski definition) is 1. The number of anilines is 1. The molecule has 0 aromatic heterocycles. The van der Waals surface area contributed by atoms with Crippen molar-refractivity contribution >= 4 is 23.2 Å². The zero-order valence-electron chi connectivity index (χ0n) is 13.1. The van der Waals surface area contributed by atoms with E-state index in [1.165, 1.54) is 0 Å². The molecule has 0 spiro atoms. The smallest absolute Gasteiger partial charge is 0.255 e. The van der Waals surface area contributed by atoms with Crippen LogP contribution in [0.3, 0.4) is 0 Å². The molecular formula is C18H18ClNO3. The Hall–Kier alpha value is -2.20. The van der Waals surface area contributed by atoms with Crippen LogP contribution in [0.5, 0.6) is 11.5 Å². The number of benzene rings is 2. The quantitative estimate of drug-likeness (QED) is 0.888. The topological polar surface area (TPSA) is 47.6 Å². The minimum Gasteiger partial charge on any atom is -0.490 e. The standard InChI is InChI=1S/C18H18ClNO3/c1-11-6-12(2)8-13(7-11)18(21)20-15-10-17-16(9-14(15)19)22-4-3-5-23-17/h6-10H,3-5H2,1-2H3,(H,20,21). The van der Waals surface area contributed by atoms with Crippen LogP contribution in [0.25, 0.3) is 0 Å². The number of carbonyl (C=O) groups excluding carboxylic acids is 1. The van der Waals surface area contributed by atoms with Gasteiger partial charge in [0.2, 0.25) is 0 Å². The van der Waals surface area contributed by atoms with Crippen LogP contribution in [-0.4, -0.2) is 19.1 Å². The lowest BCUT2D eigenvalue weighted by Gasteiger charge is -2.13. The Kier molecular flexibility index (Phi) is 4.44. The second-order valence-electron chi connectivity index (χ2n) is 5.66. The summed E-state index contributed by atoms with van der Waals surface area (Å²) >= 11 is 6.26. The van der Waals surface area contributed by atoms with Crippen LogP contribution in [0.4, 0.5) is 5.69 Å². The molecule has 1 aliphatic rings. The first kappa shape index (κ1) is 15.7. The van der Waals surface area contributed by atoms with Gasteiger partial charge in [0.05, 0.1) is 23.9 Å². The fraction of sp³-hybridized carbons (Fsp3) is 0.278. The Morgan fingerprint density at radius 2 is 1.61 bits per heavy atom. The van der Waals surface area contributed by atoms with Gasteiger partial charge in [0.15, 0.2) is 11.5 Å². The van der Waals surface area contributed by atoms with Gasteiger partial charge in [0.25, 0.3) is 5.91 Å². The molecule has 120 valence electrons. The van der Waals surface area contributed by atoms with Gasteiger partial charge < -0.3 is 14.8 Å². The Morgan fingerprint density at radius 3 is 2.26 bits per heavy atom. The Labute approximate surface area is 140 Å². The van der Waals surface area contributed by atoms with Crippen LogP contribution in [-0.2, 0) is 0 Å². The fourth-order valence-electron chi connectivity index (χ4n) is 2.58. The maximum Gasteiger partial charge on any atom is 0.255 e. The third-order valence-electron chi connectivity index (χ3n) is 3.57. The Balaban J connectivity index is 1.87. The average Bonchev–Trinajstić information content (AvgIpc) is 2.71. The van der Waals surface area contributed by atoms with Crippen molar-refractivity contribution in [2.45, 2.75) is 20.3 Å². The van der Waals surface area contributed by atoms with Crippen molar-refractivity contribution in [1.29, 1.82) is 0 Å². The van der Waals surface area contributed by atoms with Gasteiger partial charge >= 0.3 is 0 Å². The average molecular weight is 332 g/mol. The van der Waals surface area contributed by atoms with E-state index in [0.717, 1.165) is 17.5 Å². The predicted octanol–water partition coefficient (Wildman–Crippen LogP) is 4.37. The van der Waals surface area contributed by atoms with Gasteiger partial charge in [-0.1, -0.05) is 28.8 Å². The summed E-state index contributed by atoms with van der Waals surface area (Å²) < 4.78 is 11.2. The van der Waals surface area contributed by atoms with Crippen LogP contribution in [0.2, 0.25) is 5.02 Å². The van der Waals surface area contributed by atoms with Crippen LogP contribution < -0.4 is 14.8 Å². The van der Waals surface area contributed by atoms with E-state index in [9.17, 15) is 4.79 Å². The van der Waals surface area contributed by atoms with Gasteiger partial charge in [-0.05, 0) is 26.0 Å². The highest BCUT2D eigenvalue weighted by atomic mass is 35.5. The van der Waals surface area contributed by atoms with Crippen molar-refractivity contribution in [3.05, 3.63) is 52.0 Å². The molecule has 0 saturated heterocycles. The van der Waals surface area contributed by atoms with E-state index >= 15 is 0 Å². The molecule has 0 fully saturated rings. The van der Waals surface area contributed by atoms with E-state index in [1.807, 2.05) is 32.0 Å². The van der Waals surface area contributed by atoms with E-state index in [-0.39, 0.29) is 5.91 Å². The number of aryl methyl sites for hydroxylation is 2. The highest BCUT2D eigenvalue weighted by Gasteiger charge is 2.16. The predicted molar refractivity (Wildman–Crippen MR) is 90.9 cm³/mol. The zero-order valence-corrected chi connectivity index (χ0v) is 13.9. The molecule has 0 aliphatic carbocycles. The first-order valence-corrected chi connectivity index (χ1v) is 7.89. The Bertz CT molecular complexity index is 738. The maximum atomic E-state index is 12.5. The van der Waals surface area contributed by atoms with Gasteiger partial charge in [-0.3, -0.25) is 4.79 Å². The number of fused-ring (bicyclic) bond motifs is 1. The van der Waals surface area contributed by atoms with Gasteiger partial charge in [-0.25, -0.2) is 0 Å². The van der Waals surface area contributed by atoms with Crippen LogP contribution in [0.1, 0.15) is 27.9 Å². The molecule has 0 saturated carbocycles. The summed E-state index contributed by atoms with van der Waals surface area (Å²) in [4.78, 5) is 12.5. The number of rotatable bonds is 2. The van der Waals surface area contributed by atoms with Crippen LogP contribution >= 0.6 is 11.6 Å². The lowest BCUT2D eigenvalue weighted by atomic mass is 10.1. The van der Waals surface area contributed by atoms with Gasteiger partial charge in [-0.2, -0.15) is 0 Å². The number of ether oxygens (including phenoxy) is 2. The molecule has 1 amide bonds. The minimum atomic E-state index is -0.201. The molecular weight excluding hydrogens is 314 g/mol. The summed E-state index contributed by atoms with van der Waals surface area (Å²) in [6.45, 7) is 5.10. The summed E-state index contributed by atoms with van der Waals surface area (Å²) in [5, 5.41) is 3.27. The molecule has 4 nitrogen and oxygen atoms in total. The van der Waals surface area contributed by atoms with Crippen LogP contribution in [0.15, 0.2) is 30.3 Å². The minimum absolute atomic E-state index is 0.201. The zero-order chi connectivity index (χ0) is 16.4. The molecule has 0 unspecified atom stereocenters. The number of carbonyl (C=O) groups is 1. The van der Waals surface area contributed by atoms with Crippen molar-refractivity contribution < 1.29 is 14.3 Å². The largest absolute Gasteiger partial charge is 0.490 e. The van der Waals surface area contributed by atoms with Crippen molar-refractivity contribution in [1.82, 2.24) is 0 Å². The maximum absolute atomic E-state index is 12.5. The molecule has 1 heterocycles. The second-order valence-corrected chi connectivity index (χ2v) is 6.07.